The third-order valence-corrected chi connectivity index (χ3v) is 5.27. The molecule has 1 aromatic rings. The van der Waals surface area contributed by atoms with Gasteiger partial charge in [-0.2, -0.15) is 27.8 Å². The van der Waals surface area contributed by atoms with Crippen molar-refractivity contribution < 1.29 is 27.0 Å². The van der Waals surface area contributed by atoms with Gasteiger partial charge < -0.3 is 5.11 Å². The zero-order valence-electron chi connectivity index (χ0n) is 15.3. The number of hydrogen-bond acceptors (Lipinski definition) is 2. The van der Waals surface area contributed by atoms with Crippen molar-refractivity contribution in [2.45, 2.75) is 55.4 Å². The summed E-state index contributed by atoms with van der Waals surface area (Å²) in [6, 6.07) is 0. The first-order chi connectivity index (χ1) is 10.2. The molecular weight excluding hydrogens is 328 g/mol. The third kappa shape index (κ3) is 3.91. The summed E-state index contributed by atoms with van der Waals surface area (Å²) >= 11 is 0. The van der Waals surface area contributed by atoms with Gasteiger partial charge in [0.25, 0.3) is 0 Å². The van der Waals surface area contributed by atoms with Crippen LogP contribution in [0.3, 0.4) is 0 Å². The molecule has 0 spiro atoms. The summed E-state index contributed by atoms with van der Waals surface area (Å²) in [6.07, 6.45) is 1.50. The topological polar surface area (TPSA) is 40.1 Å². The molecule has 23 heavy (non-hydrogen) atoms. The minimum absolute atomic E-state index is 0. The maximum absolute atomic E-state index is 10.6. The Labute approximate surface area is 150 Å². The predicted molar refractivity (Wildman–Crippen MR) is 90.9 cm³/mol. The van der Waals surface area contributed by atoms with Crippen LogP contribution in [-0.4, -0.2) is 6.29 Å². The molecule has 0 saturated carbocycles. The Morgan fingerprint density at radius 1 is 0.826 bits per heavy atom. The molecule has 2 rings (SSSR count). The number of rotatable bonds is 1. The van der Waals surface area contributed by atoms with Gasteiger partial charge >= 0.3 is 17.1 Å². The van der Waals surface area contributed by atoms with Gasteiger partial charge in [-0.25, -0.2) is 0 Å². The molecule has 0 radical (unpaired) electrons. The molecule has 0 fully saturated rings. The van der Waals surface area contributed by atoms with E-state index in [9.17, 15) is 9.90 Å². The van der Waals surface area contributed by atoms with E-state index in [1.54, 1.807) is 0 Å². The summed E-state index contributed by atoms with van der Waals surface area (Å²) in [4.78, 5) is 10.6. The van der Waals surface area contributed by atoms with Crippen molar-refractivity contribution in [2.24, 2.45) is 0 Å². The second kappa shape index (κ2) is 8.42. The van der Waals surface area contributed by atoms with Crippen LogP contribution in [0.1, 0.15) is 48.6 Å². The number of carbonyl (C=O) groups excluding carboxylic acids is 1. The molecule has 0 atom stereocenters. The molecule has 0 saturated heterocycles. The van der Waals surface area contributed by atoms with E-state index in [0.29, 0.717) is 11.1 Å². The van der Waals surface area contributed by atoms with Crippen LogP contribution >= 0.6 is 0 Å². The van der Waals surface area contributed by atoms with E-state index < -0.39 is 0 Å². The Hall–Kier alpha value is -1.44. The van der Waals surface area contributed by atoms with E-state index in [1.807, 2.05) is 20.8 Å². The summed E-state index contributed by atoms with van der Waals surface area (Å²) in [6.45, 7) is 16.6. The molecule has 0 unspecified atom stereocenters. The van der Waals surface area contributed by atoms with Crippen molar-refractivity contribution >= 4 is 6.29 Å². The standard InChI is InChI=1S/C10H12O2.C10H15.Fe/c1-6-7(2)9(4-11)10(5-12)8(6)3;1-6-7(2)9(4)10(5)8(6)3;/h4-5,11H,1-3H3;1-5H3;/q;-1;+2/p-1. The Morgan fingerprint density at radius 3 is 1.48 bits per heavy atom. The van der Waals surface area contributed by atoms with Crippen LogP contribution in [0.2, 0.25) is 0 Å². The van der Waals surface area contributed by atoms with Crippen molar-refractivity contribution in [3.63, 3.8) is 0 Å². The molecule has 0 N–H and O–H groups in total. The van der Waals surface area contributed by atoms with E-state index in [4.69, 9.17) is 0 Å². The van der Waals surface area contributed by atoms with Gasteiger partial charge in [0.1, 0.15) is 0 Å². The summed E-state index contributed by atoms with van der Waals surface area (Å²) in [5.41, 5.74) is 11.3. The smallest absolute Gasteiger partial charge is 0.877 e. The molecule has 1 aliphatic rings. The SMILES string of the molecule is CC1=C(C)C(C)=C(C=O)C1=C[O-].Cc1c(C)c(C)[c-](C)c1C.[Fe+2]. The van der Waals surface area contributed by atoms with Crippen LogP contribution in [0.5, 0.6) is 0 Å². The van der Waals surface area contributed by atoms with Crippen molar-refractivity contribution in [3.05, 3.63) is 61.9 Å². The second-order valence-electron chi connectivity index (χ2n) is 6.06. The van der Waals surface area contributed by atoms with Gasteiger partial charge in [0.2, 0.25) is 0 Å². The van der Waals surface area contributed by atoms with Gasteiger partial charge in [-0.15, -0.1) is 6.26 Å². The summed E-state index contributed by atoms with van der Waals surface area (Å²) in [7, 11) is 0. The fourth-order valence-electron chi connectivity index (χ4n) is 2.80. The first-order valence-corrected chi connectivity index (χ1v) is 7.55. The fraction of sp³-hybridized carbons (Fsp3) is 0.400. The Bertz CT molecular complexity index is 617. The van der Waals surface area contributed by atoms with Crippen LogP contribution in [0.4, 0.5) is 0 Å². The molecule has 0 aliphatic heterocycles. The van der Waals surface area contributed by atoms with Crippen molar-refractivity contribution in [3.8, 4) is 0 Å². The quantitative estimate of drug-likeness (QED) is 0.331. The fourth-order valence-corrected chi connectivity index (χ4v) is 2.80. The monoisotopic (exact) mass is 354 g/mol. The number of aldehydes is 1. The van der Waals surface area contributed by atoms with Crippen LogP contribution < -0.4 is 5.11 Å². The molecule has 126 valence electrons. The maximum Gasteiger partial charge on any atom is 2.00 e. The maximum atomic E-state index is 10.6. The van der Waals surface area contributed by atoms with Gasteiger partial charge in [-0.3, -0.25) is 4.79 Å². The summed E-state index contributed by atoms with van der Waals surface area (Å²) in [5.74, 6) is 0. The first kappa shape index (κ1) is 21.6. The largest absolute Gasteiger partial charge is 2.00 e. The van der Waals surface area contributed by atoms with Gasteiger partial charge in [0, 0.05) is 5.57 Å². The minimum Gasteiger partial charge on any atom is -0.877 e. The van der Waals surface area contributed by atoms with Gasteiger partial charge in [-0.1, -0.05) is 34.6 Å². The molecule has 0 bridgehead atoms. The minimum atomic E-state index is 0. The second-order valence-corrected chi connectivity index (χ2v) is 6.06. The summed E-state index contributed by atoms with van der Waals surface area (Å²) in [5, 5.41) is 10.6. The summed E-state index contributed by atoms with van der Waals surface area (Å²) < 4.78 is 0. The normalized spacial score (nSPS) is 15.6. The van der Waals surface area contributed by atoms with Crippen LogP contribution in [0, 0.1) is 34.6 Å². The zero-order chi connectivity index (χ0) is 17.2. The molecule has 1 aromatic carbocycles. The molecule has 1 aliphatic carbocycles. The predicted octanol–water partition coefficient (Wildman–Crippen LogP) is 4.04. The van der Waals surface area contributed by atoms with Crippen LogP contribution in [-0.2, 0) is 21.9 Å². The Kier molecular flexibility index (Phi) is 7.89. The Morgan fingerprint density at radius 2 is 1.26 bits per heavy atom. The molecular formula is C20H26FeO2. The number of hydrogen-bond donors (Lipinski definition) is 0. The van der Waals surface area contributed by atoms with Crippen LogP contribution in [0.25, 0.3) is 0 Å². The average Bonchev–Trinajstić information content (AvgIpc) is 2.83. The molecule has 0 aromatic heterocycles. The van der Waals surface area contributed by atoms with E-state index in [2.05, 4.69) is 34.6 Å². The number of allylic oxidation sites excluding steroid dienone is 5. The third-order valence-electron chi connectivity index (χ3n) is 5.27. The zero-order valence-corrected chi connectivity index (χ0v) is 16.4. The Balaban J connectivity index is 0.000000409. The first-order valence-electron chi connectivity index (χ1n) is 7.55. The van der Waals surface area contributed by atoms with E-state index in [-0.39, 0.29) is 17.1 Å². The molecule has 0 amide bonds. The van der Waals surface area contributed by atoms with E-state index in [0.717, 1.165) is 29.3 Å². The van der Waals surface area contributed by atoms with Crippen molar-refractivity contribution in [1.29, 1.82) is 0 Å². The molecule has 0 heterocycles. The number of carbonyl (C=O) groups is 1. The van der Waals surface area contributed by atoms with Crippen molar-refractivity contribution in [1.82, 2.24) is 0 Å². The van der Waals surface area contributed by atoms with Gasteiger partial charge in [-0.05, 0) is 43.1 Å². The van der Waals surface area contributed by atoms with E-state index >= 15 is 0 Å². The van der Waals surface area contributed by atoms with E-state index in [1.165, 1.54) is 27.8 Å². The molecule has 3 heteroatoms. The van der Waals surface area contributed by atoms with Crippen LogP contribution in [0.15, 0.2) is 34.1 Å². The molecule has 2 nitrogen and oxygen atoms in total. The average molecular weight is 354 g/mol. The van der Waals surface area contributed by atoms with Crippen molar-refractivity contribution in [2.75, 3.05) is 0 Å². The van der Waals surface area contributed by atoms with Gasteiger partial charge in [0.15, 0.2) is 6.29 Å². The van der Waals surface area contributed by atoms with Gasteiger partial charge in [0.05, 0.1) is 0 Å².